The Bertz CT molecular complexity index is 268. The van der Waals surface area contributed by atoms with Crippen molar-refractivity contribution in [3.05, 3.63) is 0 Å². The molecule has 1 N–H and O–H groups in total. The van der Waals surface area contributed by atoms with Gasteiger partial charge in [0, 0.05) is 18.4 Å². The van der Waals surface area contributed by atoms with E-state index < -0.39 is 0 Å². The summed E-state index contributed by atoms with van der Waals surface area (Å²) in [6, 6.07) is 0. The van der Waals surface area contributed by atoms with Gasteiger partial charge in [-0.1, -0.05) is 0 Å². The number of carbonyl (C=O) groups is 2. The van der Waals surface area contributed by atoms with Crippen LogP contribution >= 0.6 is 0 Å². The number of nitrogens with one attached hydrogen (secondary N) is 1. The Morgan fingerprint density at radius 3 is 2.75 bits per heavy atom. The molecule has 0 heterocycles. The fraction of sp³-hybridized carbons (Fsp3) is 0.833. The van der Waals surface area contributed by atoms with Crippen LogP contribution in [0.5, 0.6) is 0 Å². The molecule has 0 bridgehead atoms. The summed E-state index contributed by atoms with van der Waals surface area (Å²) in [4.78, 5) is 27.6. The van der Waals surface area contributed by atoms with Crippen LogP contribution < -0.4 is 5.48 Å². The molecule has 0 radical (unpaired) electrons. The van der Waals surface area contributed by atoms with Gasteiger partial charge < -0.3 is 4.84 Å². The van der Waals surface area contributed by atoms with Gasteiger partial charge in [0.1, 0.15) is 5.78 Å². The molecule has 1 saturated carbocycles. The predicted molar refractivity (Wildman–Crippen MR) is 60.6 cm³/mol. The maximum Gasteiger partial charge on any atom is 0.325 e. The van der Waals surface area contributed by atoms with Crippen LogP contribution in [0.25, 0.3) is 0 Å². The molecule has 16 heavy (non-hydrogen) atoms. The number of hydroxylamine groups is 1. The fourth-order valence-corrected chi connectivity index (χ4v) is 1.78. The molecule has 1 aliphatic rings. The largest absolute Gasteiger partial charge is 0.370 e. The van der Waals surface area contributed by atoms with Gasteiger partial charge in [-0.3, -0.25) is 9.59 Å². The molecule has 1 fully saturated rings. The van der Waals surface area contributed by atoms with Gasteiger partial charge in [-0.15, -0.1) is 5.48 Å². The zero-order valence-electron chi connectivity index (χ0n) is 10.3. The minimum Gasteiger partial charge on any atom is -0.370 e. The monoisotopic (exact) mass is 227 g/mol. The number of rotatable bonds is 3. The van der Waals surface area contributed by atoms with E-state index in [1.54, 1.807) is 0 Å². The van der Waals surface area contributed by atoms with Crippen LogP contribution in [0.4, 0.5) is 0 Å². The van der Waals surface area contributed by atoms with Gasteiger partial charge in [-0.2, -0.15) is 0 Å². The molecule has 0 aromatic carbocycles. The summed E-state index contributed by atoms with van der Waals surface area (Å²) in [5.74, 6) is 0.179. The van der Waals surface area contributed by atoms with Gasteiger partial charge in [-0.05, 0) is 39.5 Å². The van der Waals surface area contributed by atoms with E-state index in [-0.39, 0.29) is 23.2 Å². The van der Waals surface area contributed by atoms with Crippen LogP contribution in [-0.4, -0.2) is 17.3 Å². The summed E-state index contributed by atoms with van der Waals surface area (Å²) in [6.45, 7) is 5.76. The minimum atomic E-state index is -0.269. The molecule has 0 spiro atoms. The van der Waals surface area contributed by atoms with Crippen LogP contribution in [0.15, 0.2) is 0 Å². The number of carbonyl (C=O) groups excluding carboxylic acids is 2. The molecule has 4 nitrogen and oxygen atoms in total. The zero-order chi connectivity index (χ0) is 12.2. The second-order valence-corrected chi connectivity index (χ2v) is 5.53. The second kappa shape index (κ2) is 5.43. The molecular weight excluding hydrogens is 206 g/mol. The first kappa shape index (κ1) is 13.2. The topological polar surface area (TPSA) is 55.4 Å². The highest BCUT2D eigenvalue weighted by atomic mass is 16.7. The van der Waals surface area contributed by atoms with E-state index in [1.807, 2.05) is 20.8 Å². The lowest BCUT2D eigenvalue weighted by molar-refractivity contribution is -0.156. The van der Waals surface area contributed by atoms with Crippen LogP contribution in [0.2, 0.25) is 0 Å². The van der Waals surface area contributed by atoms with Crippen molar-refractivity contribution >= 4 is 11.8 Å². The molecule has 1 rings (SSSR count). The fourth-order valence-electron chi connectivity index (χ4n) is 1.78. The molecule has 0 aromatic rings. The third-order valence-corrected chi connectivity index (χ3v) is 2.51. The quantitative estimate of drug-likeness (QED) is 0.749. The molecule has 1 aliphatic carbocycles. The molecule has 0 amide bonds. The van der Waals surface area contributed by atoms with E-state index in [0.717, 1.165) is 12.8 Å². The van der Waals surface area contributed by atoms with E-state index >= 15 is 0 Å². The van der Waals surface area contributed by atoms with E-state index in [0.29, 0.717) is 19.3 Å². The number of Topliss-reactive ketones (excluding diaryl/α,β-unsaturated/α-hetero) is 1. The SMILES string of the molecule is CC(C)(C)NOC(=O)C[C@H]1CCCC(=O)C1. The Morgan fingerprint density at radius 1 is 1.50 bits per heavy atom. The lowest BCUT2D eigenvalue weighted by atomic mass is 9.86. The second-order valence-electron chi connectivity index (χ2n) is 5.53. The average molecular weight is 227 g/mol. The molecular formula is C12H21NO3. The maximum atomic E-state index is 11.5. The van der Waals surface area contributed by atoms with Crippen molar-refractivity contribution in [3.8, 4) is 0 Å². The van der Waals surface area contributed by atoms with Gasteiger partial charge in [0.2, 0.25) is 0 Å². The third kappa shape index (κ3) is 5.26. The highest BCUT2D eigenvalue weighted by Crippen LogP contribution is 2.24. The first-order chi connectivity index (χ1) is 7.37. The van der Waals surface area contributed by atoms with Crippen molar-refractivity contribution < 1.29 is 14.4 Å². The standard InChI is InChI=1S/C12H21NO3/c1-12(2,3)13-16-11(15)8-9-5-4-6-10(14)7-9/h9,13H,4-8H2,1-3H3/t9-/m0/s1. The first-order valence-electron chi connectivity index (χ1n) is 5.85. The molecule has 1 atom stereocenters. The van der Waals surface area contributed by atoms with E-state index in [9.17, 15) is 9.59 Å². The zero-order valence-corrected chi connectivity index (χ0v) is 10.3. The molecule has 0 aliphatic heterocycles. The average Bonchev–Trinajstić information content (AvgIpc) is 2.14. The van der Waals surface area contributed by atoms with E-state index in [1.165, 1.54) is 0 Å². The highest BCUT2D eigenvalue weighted by molar-refractivity contribution is 5.80. The number of hydrogen-bond acceptors (Lipinski definition) is 4. The first-order valence-corrected chi connectivity index (χ1v) is 5.85. The Morgan fingerprint density at radius 2 is 2.19 bits per heavy atom. The summed E-state index contributed by atoms with van der Waals surface area (Å²) in [7, 11) is 0. The van der Waals surface area contributed by atoms with Crippen molar-refractivity contribution in [2.75, 3.05) is 0 Å². The lowest BCUT2D eigenvalue weighted by Gasteiger charge is -2.22. The summed E-state index contributed by atoms with van der Waals surface area (Å²) < 4.78 is 0. The van der Waals surface area contributed by atoms with Gasteiger partial charge in [0.15, 0.2) is 0 Å². The van der Waals surface area contributed by atoms with Crippen molar-refractivity contribution in [3.63, 3.8) is 0 Å². The van der Waals surface area contributed by atoms with Crippen molar-refractivity contribution in [1.29, 1.82) is 0 Å². The van der Waals surface area contributed by atoms with Crippen molar-refractivity contribution in [2.45, 2.75) is 58.4 Å². The van der Waals surface area contributed by atoms with Crippen LogP contribution in [0, 0.1) is 5.92 Å². The summed E-state index contributed by atoms with van der Waals surface area (Å²) in [5.41, 5.74) is 2.45. The lowest BCUT2D eigenvalue weighted by Crippen LogP contribution is -2.38. The van der Waals surface area contributed by atoms with Crippen LogP contribution in [0.1, 0.15) is 52.9 Å². The Kier molecular flexibility index (Phi) is 4.47. The molecule has 4 heteroatoms. The Labute approximate surface area is 96.7 Å². The summed E-state index contributed by atoms with van der Waals surface area (Å²) >= 11 is 0. The Balaban J connectivity index is 2.26. The van der Waals surface area contributed by atoms with E-state index in [4.69, 9.17) is 4.84 Å². The van der Waals surface area contributed by atoms with Gasteiger partial charge >= 0.3 is 5.97 Å². The van der Waals surface area contributed by atoms with Gasteiger partial charge in [-0.25, -0.2) is 0 Å². The van der Waals surface area contributed by atoms with Crippen molar-refractivity contribution in [2.24, 2.45) is 5.92 Å². The minimum absolute atomic E-state index is 0.176. The van der Waals surface area contributed by atoms with Gasteiger partial charge in [0.25, 0.3) is 0 Å². The Hall–Kier alpha value is -0.900. The van der Waals surface area contributed by atoms with Crippen LogP contribution in [0.3, 0.4) is 0 Å². The highest BCUT2D eigenvalue weighted by Gasteiger charge is 2.23. The predicted octanol–water partition coefficient (Wildman–Crippen LogP) is 1.98. The molecule has 92 valence electrons. The summed E-state index contributed by atoms with van der Waals surface area (Å²) in [5, 5.41) is 0. The number of ketones is 1. The number of hydrogen-bond donors (Lipinski definition) is 1. The molecule has 0 saturated heterocycles. The molecule has 0 aromatic heterocycles. The maximum absolute atomic E-state index is 11.5. The van der Waals surface area contributed by atoms with Crippen molar-refractivity contribution in [1.82, 2.24) is 5.48 Å². The molecule has 0 unspecified atom stereocenters. The normalized spacial score (nSPS) is 21.9. The van der Waals surface area contributed by atoms with Gasteiger partial charge in [0.05, 0.1) is 6.42 Å². The van der Waals surface area contributed by atoms with E-state index in [2.05, 4.69) is 5.48 Å². The third-order valence-electron chi connectivity index (χ3n) is 2.51. The smallest absolute Gasteiger partial charge is 0.325 e. The summed E-state index contributed by atoms with van der Waals surface area (Å²) in [6.07, 6.45) is 3.41. The van der Waals surface area contributed by atoms with Crippen LogP contribution in [-0.2, 0) is 14.4 Å².